The van der Waals surface area contributed by atoms with Crippen molar-refractivity contribution in [1.82, 2.24) is 14.7 Å². The maximum atomic E-state index is 11.9. The number of aromatic nitrogens is 2. The van der Waals surface area contributed by atoms with Crippen LogP contribution in [-0.4, -0.2) is 25.4 Å². The van der Waals surface area contributed by atoms with Gasteiger partial charge < -0.3 is 10.6 Å². The molecule has 25 heavy (non-hydrogen) atoms. The van der Waals surface area contributed by atoms with Crippen LogP contribution in [0.25, 0.3) is 0 Å². The van der Waals surface area contributed by atoms with Gasteiger partial charge in [-0.3, -0.25) is 0 Å². The fraction of sp³-hybridized carbons (Fsp3) is 0.0588. The van der Waals surface area contributed by atoms with E-state index in [0.29, 0.717) is 17.3 Å². The zero-order chi connectivity index (χ0) is 17.7. The monoisotopic (exact) mass is 354 g/mol. The van der Waals surface area contributed by atoms with Crippen molar-refractivity contribution in [1.29, 1.82) is 0 Å². The topological polar surface area (TPSA) is 96.0 Å². The van der Waals surface area contributed by atoms with E-state index in [-0.39, 0.29) is 4.90 Å². The predicted octanol–water partition coefficient (Wildman–Crippen LogP) is 2.67. The fourth-order valence-corrected chi connectivity index (χ4v) is 2.90. The highest BCUT2D eigenvalue weighted by atomic mass is 32.2. The minimum absolute atomic E-state index is 0.173. The van der Waals surface area contributed by atoms with Crippen molar-refractivity contribution in [3.63, 3.8) is 0 Å². The molecule has 8 heteroatoms. The molecular weight excluding hydrogens is 338 g/mol. The molecule has 2 aromatic carbocycles. The molecule has 0 saturated carbocycles. The van der Waals surface area contributed by atoms with Crippen LogP contribution in [0.5, 0.6) is 0 Å². The van der Waals surface area contributed by atoms with Gasteiger partial charge in [0.2, 0.25) is 10.0 Å². The highest BCUT2D eigenvalue weighted by Gasteiger charge is 2.11. The van der Waals surface area contributed by atoms with Crippen molar-refractivity contribution in [3.05, 3.63) is 67.0 Å². The second kappa shape index (κ2) is 7.29. The van der Waals surface area contributed by atoms with E-state index in [0.717, 1.165) is 5.69 Å². The maximum Gasteiger partial charge on any atom is 0.240 e. The van der Waals surface area contributed by atoms with Crippen LogP contribution in [0.4, 0.5) is 23.0 Å². The van der Waals surface area contributed by atoms with E-state index in [1.807, 2.05) is 18.2 Å². The Hall–Kier alpha value is -2.97. The lowest BCUT2D eigenvalue weighted by molar-refractivity contribution is 0.588. The first kappa shape index (κ1) is 16.9. The van der Waals surface area contributed by atoms with E-state index in [4.69, 9.17) is 0 Å². The zero-order valence-corrected chi connectivity index (χ0v) is 14.2. The van der Waals surface area contributed by atoms with Crippen LogP contribution in [0.2, 0.25) is 0 Å². The van der Waals surface area contributed by atoms with E-state index in [9.17, 15) is 8.42 Å². The van der Waals surface area contributed by atoms with Crippen LogP contribution in [-0.2, 0) is 10.0 Å². The van der Waals surface area contributed by atoms with Crippen molar-refractivity contribution >= 4 is 33.0 Å². The van der Waals surface area contributed by atoms with E-state index < -0.39 is 10.0 Å². The molecule has 1 radical (unpaired) electrons. The summed E-state index contributed by atoms with van der Waals surface area (Å²) in [7, 11) is -2.13. The van der Waals surface area contributed by atoms with Crippen LogP contribution in [0, 0.1) is 6.07 Å². The second-order valence-corrected chi connectivity index (χ2v) is 6.95. The Labute approximate surface area is 146 Å². The molecule has 0 unspecified atom stereocenters. The van der Waals surface area contributed by atoms with E-state index >= 15 is 0 Å². The number of hydrogen-bond donors (Lipinski definition) is 3. The molecule has 3 N–H and O–H groups in total. The number of nitrogens with one attached hydrogen (secondary N) is 3. The lowest BCUT2D eigenvalue weighted by Crippen LogP contribution is -2.18. The molecule has 1 aromatic heterocycles. The van der Waals surface area contributed by atoms with Crippen LogP contribution < -0.4 is 15.4 Å². The molecule has 0 aliphatic rings. The molecule has 0 spiro atoms. The minimum atomic E-state index is -3.50. The number of rotatable bonds is 6. The third-order valence-electron chi connectivity index (χ3n) is 3.33. The molecule has 0 amide bonds. The lowest BCUT2D eigenvalue weighted by atomic mass is 10.3. The van der Waals surface area contributed by atoms with Crippen molar-refractivity contribution in [2.24, 2.45) is 0 Å². The number of sulfonamides is 1. The van der Waals surface area contributed by atoms with Crippen LogP contribution in [0.15, 0.2) is 65.8 Å². The summed E-state index contributed by atoms with van der Waals surface area (Å²) in [5.41, 5.74) is 1.46. The second-order valence-electron chi connectivity index (χ2n) is 5.07. The Morgan fingerprint density at radius 3 is 2.36 bits per heavy atom. The first-order valence-corrected chi connectivity index (χ1v) is 8.91. The van der Waals surface area contributed by atoms with Gasteiger partial charge in [0.05, 0.1) is 4.90 Å². The Kier molecular flexibility index (Phi) is 4.92. The van der Waals surface area contributed by atoms with E-state index in [1.165, 1.54) is 25.5 Å². The quantitative estimate of drug-likeness (QED) is 0.630. The third kappa shape index (κ3) is 4.31. The minimum Gasteiger partial charge on any atom is -0.340 e. The third-order valence-corrected chi connectivity index (χ3v) is 4.74. The summed E-state index contributed by atoms with van der Waals surface area (Å²) in [5.74, 6) is 1.15. The van der Waals surface area contributed by atoms with Crippen molar-refractivity contribution in [2.45, 2.75) is 4.90 Å². The van der Waals surface area contributed by atoms with Gasteiger partial charge in [0.15, 0.2) is 0 Å². The van der Waals surface area contributed by atoms with Gasteiger partial charge in [0, 0.05) is 17.4 Å². The molecular formula is C17H16N5O2S. The molecule has 0 aliphatic heterocycles. The summed E-state index contributed by atoms with van der Waals surface area (Å²) in [6.07, 6.45) is 1.42. The molecule has 0 aliphatic carbocycles. The smallest absolute Gasteiger partial charge is 0.240 e. The van der Waals surface area contributed by atoms with Crippen molar-refractivity contribution < 1.29 is 8.42 Å². The number of anilines is 4. The molecule has 0 bridgehead atoms. The maximum absolute atomic E-state index is 11.9. The predicted molar refractivity (Wildman–Crippen MR) is 96.6 cm³/mol. The fourth-order valence-electron chi connectivity index (χ4n) is 2.12. The molecule has 3 aromatic rings. The number of hydrogen-bond acceptors (Lipinski definition) is 6. The normalized spacial score (nSPS) is 11.1. The van der Waals surface area contributed by atoms with Gasteiger partial charge in [-0.05, 0) is 43.4 Å². The standard InChI is InChI=1S/C17H16N5O2S/c1-18-25(23,24)15-9-5-8-14(10-15)22-17-11-16(19-12-20-17)21-13-6-3-2-4-7-13/h2-3,5-12,18H,1H3,(H2,19,20,21,22). The van der Waals surface area contributed by atoms with Gasteiger partial charge >= 0.3 is 0 Å². The van der Waals surface area contributed by atoms with Crippen molar-refractivity contribution in [2.75, 3.05) is 17.7 Å². The summed E-state index contributed by atoms with van der Waals surface area (Å²) in [5, 5.41) is 6.22. The van der Waals surface area contributed by atoms with Crippen LogP contribution >= 0.6 is 0 Å². The Morgan fingerprint density at radius 1 is 0.960 bits per heavy atom. The SMILES string of the molecule is CNS(=O)(=O)c1cccc(Nc2cc(Nc3c[c]ccc3)ncn2)c1. The van der Waals surface area contributed by atoms with Gasteiger partial charge in [-0.25, -0.2) is 23.1 Å². The highest BCUT2D eigenvalue weighted by molar-refractivity contribution is 7.89. The molecule has 1 heterocycles. The van der Waals surface area contributed by atoms with Gasteiger partial charge in [0.1, 0.15) is 18.0 Å². The largest absolute Gasteiger partial charge is 0.340 e. The van der Waals surface area contributed by atoms with E-state index in [1.54, 1.807) is 24.3 Å². The van der Waals surface area contributed by atoms with Crippen LogP contribution in [0.1, 0.15) is 0 Å². The van der Waals surface area contributed by atoms with E-state index in [2.05, 4.69) is 31.4 Å². The Balaban J connectivity index is 1.80. The first-order chi connectivity index (χ1) is 12.1. The van der Waals surface area contributed by atoms with Crippen LogP contribution in [0.3, 0.4) is 0 Å². The lowest BCUT2D eigenvalue weighted by Gasteiger charge is -2.10. The molecule has 3 rings (SSSR count). The summed E-state index contributed by atoms with van der Waals surface area (Å²) in [6.45, 7) is 0. The summed E-state index contributed by atoms with van der Waals surface area (Å²) < 4.78 is 26.1. The molecule has 0 saturated heterocycles. The highest BCUT2D eigenvalue weighted by Crippen LogP contribution is 2.21. The first-order valence-electron chi connectivity index (χ1n) is 7.43. The summed E-state index contributed by atoms with van der Waals surface area (Å²) in [6, 6.07) is 18.6. The summed E-state index contributed by atoms with van der Waals surface area (Å²) in [4.78, 5) is 8.49. The van der Waals surface area contributed by atoms with Gasteiger partial charge in [0.25, 0.3) is 0 Å². The zero-order valence-electron chi connectivity index (χ0n) is 13.4. The molecule has 127 valence electrons. The Bertz CT molecular complexity index is 962. The molecule has 0 fully saturated rings. The average molecular weight is 354 g/mol. The summed E-state index contributed by atoms with van der Waals surface area (Å²) >= 11 is 0. The molecule has 7 nitrogen and oxygen atoms in total. The van der Waals surface area contributed by atoms with Gasteiger partial charge in [-0.1, -0.05) is 18.2 Å². The van der Waals surface area contributed by atoms with Gasteiger partial charge in [-0.2, -0.15) is 0 Å². The molecule has 0 atom stereocenters. The number of benzene rings is 2. The van der Waals surface area contributed by atoms with Gasteiger partial charge in [-0.15, -0.1) is 0 Å². The number of nitrogens with zero attached hydrogens (tertiary/aromatic N) is 2. The average Bonchev–Trinajstić information content (AvgIpc) is 2.63. The van der Waals surface area contributed by atoms with Crippen molar-refractivity contribution in [3.8, 4) is 0 Å². The Morgan fingerprint density at radius 2 is 1.68 bits per heavy atom.